The van der Waals surface area contributed by atoms with Gasteiger partial charge in [-0.05, 0) is 47.2 Å². The molecule has 0 unspecified atom stereocenters. The molecule has 0 fully saturated rings. The standard InChI is InChI=1S/C23H19N3O3/c1-28-14-18-13-22(25-15-24-18)29-19-10-11-20-16(12-19)6-5-9-21(20)23(27)26-17-7-3-2-4-8-17/h2-13,15H,14H2,1H3,(H,26,27). The van der Waals surface area contributed by atoms with Crippen LogP contribution in [0.15, 0.2) is 79.1 Å². The number of anilines is 1. The minimum atomic E-state index is -0.157. The molecule has 1 amide bonds. The van der Waals surface area contributed by atoms with E-state index < -0.39 is 0 Å². The largest absolute Gasteiger partial charge is 0.439 e. The fourth-order valence-corrected chi connectivity index (χ4v) is 3.02. The summed E-state index contributed by atoms with van der Waals surface area (Å²) < 4.78 is 10.9. The first kappa shape index (κ1) is 18.6. The molecule has 4 aromatic rings. The van der Waals surface area contributed by atoms with Crippen molar-refractivity contribution in [2.45, 2.75) is 6.61 Å². The van der Waals surface area contributed by atoms with Crippen LogP contribution in [0.1, 0.15) is 16.1 Å². The normalized spacial score (nSPS) is 10.7. The van der Waals surface area contributed by atoms with Crippen LogP contribution < -0.4 is 10.1 Å². The van der Waals surface area contributed by atoms with Crippen molar-refractivity contribution in [2.24, 2.45) is 0 Å². The Balaban J connectivity index is 1.59. The highest BCUT2D eigenvalue weighted by atomic mass is 16.5. The first-order valence-electron chi connectivity index (χ1n) is 9.10. The van der Waals surface area contributed by atoms with Gasteiger partial charge in [-0.1, -0.05) is 30.3 Å². The molecule has 29 heavy (non-hydrogen) atoms. The van der Waals surface area contributed by atoms with E-state index in [1.165, 1.54) is 6.33 Å². The van der Waals surface area contributed by atoms with E-state index in [0.717, 1.165) is 22.2 Å². The van der Waals surface area contributed by atoms with Crippen molar-refractivity contribution in [3.63, 3.8) is 0 Å². The molecule has 1 heterocycles. The number of benzene rings is 3. The predicted molar refractivity (Wildman–Crippen MR) is 111 cm³/mol. The molecule has 0 saturated carbocycles. The molecule has 0 radical (unpaired) electrons. The third kappa shape index (κ3) is 4.39. The molecule has 0 atom stereocenters. The van der Waals surface area contributed by atoms with Crippen LogP contribution in [0, 0.1) is 0 Å². The van der Waals surface area contributed by atoms with Gasteiger partial charge in [0.15, 0.2) is 0 Å². The molecule has 1 N–H and O–H groups in total. The second-order valence-electron chi connectivity index (χ2n) is 6.39. The van der Waals surface area contributed by atoms with Crippen LogP contribution in [-0.2, 0) is 11.3 Å². The van der Waals surface area contributed by atoms with Crippen molar-refractivity contribution < 1.29 is 14.3 Å². The highest BCUT2D eigenvalue weighted by molar-refractivity contribution is 6.13. The fourth-order valence-electron chi connectivity index (χ4n) is 3.02. The molecule has 4 rings (SSSR count). The molecule has 144 valence electrons. The molecule has 6 nitrogen and oxygen atoms in total. The monoisotopic (exact) mass is 385 g/mol. The summed E-state index contributed by atoms with van der Waals surface area (Å²) >= 11 is 0. The molecule has 0 bridgehead atoms. The lowest BCUT2D eigenvalue weighted by atomic mass is 10.0. The Morgan fingerprint density at radius 1 is 0.966 bits per heavy atom. The Bertz CT molecular complexity index is 1150. The number of amides is 1. The van der Waals surface area contributed by atoms with Crippen molar-refractivity contribution in [2.75, 3.05) is 12.4 Å². The van der Waals surface area contributed by atoms with Crippen LogP contribution in [0.4, 0.5) is 5.69 Å². The number of para-hydroxylation sites is 1. The van der Waals surface area contributed by atoms with Crippen LogP contribution in [0.25, 0.3) is 10.8 Å². The van der Waals surface area contributed by atoms with Gasteiger partial charge in [0.05, 0.1) is 12.3 Å². The molecule has 6 heteroatoms. The zero-order valence-electron chi connectivity index (χ0n) is 15.8. The van der Waals surface area contributed by atoms with Gasteiger partial charge >= 0.3 is 0 Å². The highest BCUT2D eigenvalue weighted by Crippen LogP contribution is 2.27. The third-order valence-electron chi connectivity index (χ3n) is 4.34. The lowest BCUT2D eigenvalue weighted by molar-refractivity contribution is 0.102. The summed E-state index contributed by atoms with van der Waals surface area (Å²) in [6.07, 6.45) is 1.44. The van der Waals surface area contributed by atoms with Gasteiger partial charge < -0.3 is 14.8 Å². The number of ether oxygens (including phenoxy) is 2. The van der Waals surface area contributed by atoms with Crippen LogP contribution in [0.5, 0.6) is 11.6 Å². The molecule has 0 aliphatic carbocycles. The van der Waals surface area contributed by atoms with Crippen molar-refractivity contribution >= 4 is 22.4 Å². The molecule has 0 spiro atoms. The van der Waals surface area contributed by atoms with E-state index in [9.17, 15) is 4.79 Å². The summed E-state index contributed by atoms with van der Waals surface area (Å²) in [5.74, 6) is 0.903. The van der Waals surface area contributed by atoms with Gasteiger partial charge in [-0.25, -0.2) is 9.97 Å². The van der Waals surface area contributed by atoms with E-state index in [4.69, 9.17) is 9.47 Å². The first-order chi connectivity index (χ1) is 14.2. The molecule has 0 saturated heterocycles. The van der Waals surface area contributed by atoms with E-state index in [-0.39, 0.29) is 5.91 Å². The predicted octanol–water partition coefficient (Wildman–Crippen LogP) is 4.82. The average molecular weight is 385 g/mol. The molecular formula is C23H19N3O3. The summed E-state index contributed by atoms with van der Waals surface area (Å²) in [6.45, 7) is 0.385. The maximum absolute atomic E-state index is 12.7. The van der Waals surface area contributed by atoms with Gasteiger partial charge in [0.2, 0.25) is 5.88 Å². The Morgan fingerprint density at radius 3 is 2.66 bits per heavy atom. The number of fused-ring (bicyclic) bond motifs is 1. The number of methoxy groups -OCH3 is 1. The third-order valence-corrected chi connectivity index (χ3v) is 4.34. The number of nitrogens with one attached hydrogen (secondary N) is 1. The molecule has 3 aromatic carbocycles. The Hall–Kier alpha value is -3.77. The summed E-state index contributed by atoms with van der Waals surface area (Å²) in [5, 5.41) is 4.67. The number of rotatable bonds is 6. The number of carbonyl (C=O) groups excluding carboxylic acids is 1. The van der Waals surface area contributed by atoms with Crippen LogP contribution in [-0.4, -0.2) is 23.0 Å². The second-order valence-corrected chi connectivity index (χ2v) is 6.39. The highest BCUT2D eigenvalue weighted by Gasteiger charge is 2.11. The molecule has 0 aliphatic rings. The number of carbonyl (C=O) groups is 1. The maximum atomic E-state index is 12.7. The number of hydrogen-bond donors (Lipinski definition) is 1. The van der Waals surface area contributed by atoms with Gasteiger partial charge in [0.25, 0.3) is 5.91 Å². The minimum absolute atomic E-state index is 0.157. The van der Waals surface area contributed by atoms with E-state index in [0.29, 0.717) is 23.8 Å². The van der Waals surface area contributed by atoms with Crippen molar-refractivity contribution in [3.05, 3.63) is 90.4 Å². The Kier molecular flexibility index (Phi) is 5.45. The Morgan fingerprint density at radius 2 is 1.83 bits per heavy atom. The van der Waals surface area contributed by atoms with Gasteiger partial charge in [0, 0.05) is 24.4 Å². The van der Waals surface area contributed by atoms with Gasteiger partial charge in [-0.2, -0.15) is 0 Å². The lowest BCUT2D eigenvalue weighted by Crippen LogP contribution is -2.12. The number of hydrogen-bond acceptors (Lipinski definition) is 5. The summed E-state index contributed by atoms with van der Waals surface area (Å²) in [4.78, 5) is 21.0. The quantitative estimate of drug-likeness (QED) is 0.515. The topological polar surface area (TPSA) is 73.3 Å². The SMILES string of the molecule is COCc1cc(Oc2ccc3c(C(=O)Nc4ccccc4)cccc3c2)ncn1. The number of nitrogens with zero attached hydrogens (tertiary/aromatic N) is 2. The fraction of sp³-hybridized carbons (Fsp3) is 0.0870. The summed E-state index contributed by atoms with van der Waals surface area (Å²) in [7, 11) is 1.61. The Labute approximate surface area is 168 Å². The summed E-state index contributed by atoms with van der Waals surface area (Å²) in [6, 6.07) is 22.3. The van der Waals surface area contributed by atoms with Gasteiger partial charge in [-0.3, -0.25) is 4.79 Å². The van der Waals surface area contributed by atoms with Gasteiger partial charge in [0.1, 0.15) is 12.1 Å². The molecular weight excluding hydrogens is 366 g/mol. The van der Waals surface area contributed by atoms with Crippen LogP contribution >= 0.6 is 0 Å². The first-order valence-corrected chi connectivity index (χ1v) is 9.10. The molecule has 1 aromatic heterocycles. The smallest absolute Gasteiger partial charge is 0.256 e. The van der Waals surface area contributed by atoms with E-state index in [1.54, 1.807) is 13.2 Å². The van der Waals surface area contributed by atoms with E-state index in [1.807, 2.05) is 66.7 Å². The second kappa shape index (κ2) is 8.50. The average Bonchev–Trinajstić information content (AvgIpc) is 2.74. The van der Waals surface area contributed by atoms with Crippen LogP contribution in [0.3, 0.4) is 0 Å². The van der Waals surface area contributed by atoms with E-state index in [2.05, 4.69) is 15.3 Å². The van der Waals surface area contributed by atoms with Crippen LogP contribution in [0.2, 0.25) is 0 Å². The lowest BCUT2D eigenvalue weighted by Gasteiger charge is -2.10. The zero-order chi connectivity index (χ0) is 20.1. The van der Waals surface area contributed by atoms with Crippen molar-refractivity contribution in [1.82, 2.24) is 9.97 Å². The maximum Gasteiger partial charge on any atom is 0.256 e. The van der Waals surface area contributed by atoms with Crippen molar-refractivity contribution in [1.29, 1.82) is 0 Å². The van der Waals surface area contributed by atoms with Crippen molar-refractivity contribution in [3.8, 4) is 11.6 Å². The number of aromatic nitrogens is 2. The minimum Gasteiger partial charge on any atom is -0.439 e. The van der Waals surface area contributed by atoms with Gasteiger partial charge in [-0.15, -0.1) is 0 Å². The van der Waals surface area contributed by atoms with E-state index >= 15 is 0 Å². The summed E-state index contributed by atoms with van der Waals surface area (Å²) in [5.41, 5.74) is 2.09. The molecule has 0 aliphatic heterocycles. The zero-order valence-corrected chi connectivity index (χ0v) is 15.8.